The van der Waals surface area contributed by atoms with Gasteiger partial charge < -0.3 is 15.7 Å². The number of aliphatic hydroxyl groups excluding tert-OH is 1. The molecule has 1 atom stereocenters. The summed E-state index contributed by atoms with van der Waals surface area (Å²) in [5, 5.41) is 15.3. The molecule has 0 aliphatic carbocycles. The van der Waals surface area contributed by atoms with Crippen molar-refractivity contribution in [3.05, 3.63) is 47.0 Å². The van der Waals surface area contributed by atoms with E-state index in [1.165, 1.54) is 0 Å². The normalized spacial score (nSPS) is 15.8. The molecule has 1 fully saturated rings. The van der Waals surface area contributed by atoms with Crippen molar-refractivity contribution in [1.82, 2.24) is 10.6 Å². The highest BCUT2D eigenvalue weighted by molar-refractivity contribution is 5.94. The summed E-state index contributed by atoms with van der Waals surface area (Å²) in [6.07, 6.45) is 0. The van der Waals surface area contributed by atoms with Crippen molar-refractivity contribution < 1.29 is 9.90 Å². The SMILES string of the molecule is CC(C(=O)NC(CO)c1ccccc1)=C1CNC1. The van der Waals surface area contributed by atoms with Gasteiger partial charge >= 0.3 is 0 Å². The first-order chi connectivity index (χ1) is 8.72. The Bertz CT molecular complexity index is 448. The van der Waals surface area contributed by atoms with Gasteiger partial charge in [0.15, 0.2) is 0 Å². The van der Waals surface area contributed by atoms with Crippen LogP contribution in [0, 0.1) is 0 Å². The molecule has 1 saturated heterocycles. The molecule has 1 amide bonds. The molecule has 3 N–H and O–H groups in total. The molecule has 1 aromatic carbocycles. The molecular formula is C14H18N2O2. The van der Waals surface area contributed by atoms with Crippen molar-refractivity contribution in [2.75, 3.05) is 19.7 Å². The lowest BCUT2D eigenvalue weighted by atomic mass is 10.0. The number of amides is 1. The van der Waals surface area contributed by atoms with Crippen LogP contribution in [0.1, 0.15) is 18.5 Å². The topological polar surface area (TPSA) is 61.4 Å². The molecule has 1 aromatic rings. The number of hydrogen-bond acceptors (Lipinski definition) is 3. The van der Waals surface area contributed by atoms with Gasteiger partial charge in [0.1, 0.15) is 0 Å². The molecule has 1 aliphatic rings. The van der Waals surface area contributed by atoms with E-state index in [1.807, 2.05) is 37.3 Å². The Kier molecular flexibility index (Phi) is 4.12. The van der Waals surface area contributed by atoms with Crippen molar-refractivity contribution in [2.45, 2.75) is 13.0 Å². The minimum absolute atomic E-state index is 0.101. The van der Waals surface area contributed by atoms with Crippen LogP contribution in [0.2, 0.25) is 0 Å². The highest BCUT2D eigenvalue weighted by atomic mass is 16.3. The predicted molar refractivity (Wildman–Crippen MR) is 70.0 cm³/mol. The number of aliphatic hydroxyl groups is 1. The van der Waals surface area contributed by atoms with Crippen LogP contribution in [0.5, 0.6) is 0 Å². The molecule has 1 unspecified atom stereocenters. The molecule has 0 radical (unpaired) electrons. The summed E-state index contributed by atoms with van der Waals surface area (Å²) in [6.45, 7) is 3.30. The van der Waals surface area contributed by atoms with Crippen LogP contribution in [-0.4, -0.2) is 30.7 Å². The largest absolute Gasteiger partial charge is 0.394 e. The lowest BCUT2D eigenvalue weighted by Gasteiger charge is -2.23. The summed E-state index contributed by atoms with van der Waals surface area (Å²) in [4.78, 5) is 12.0. The third-order valence-corrected chi connectivity index (χ3v) is 3.24. The summed E-state index contributed by atoms with van der Waals surface area (Å²) < 4.78 is 0. The summed E-state index contributed by atoms with van der Waals surface area (Å²) in [5.74, 6) is -0.102. The van der Waals surface area contributed by atoms with E-state index < -0.39 is 0 Å². The Hall–Kier alpha value is -1.65. The first-order valence-electron chi connectivity index (χ1n) is 6.08. The standard InChI is InChI=1S/C14H18N2O2/c1-10(12-7-15-8-12)14(18)16-13(9-17)11-5-3-2-4-6-11/h2-6,13,15,17H,7-9H2,1H3,(H,16,18). The molecule has 0 spiro atoms. The molecule has 4 heteroatoms. The third-order valence-electron chi connectivity index (χ3n) is 3.24. The number of carbonyl (C=O) groups is 1. The van der Waals surface area contributed by atoms with Crippen molar-refractivity contribution in [3.63, 3.8) is 0 Å². The Morgan fingerprint density at radius 3 is 2.56 bits per heavy atom. The Balaban J connectivity index is 2.05. The third kappa shape index (κ3) is 2.78. The monoisotopic (exact) mass is 246 g/mol. The average Bonchev–Trinajstić information content (AvgIpc) is 2.34. The molecule has 4 nitrogen and oxygen atoms in total. The van der Waals surface area contributed by atoms with Gasteiger partial charge in [-0.2, -0.15) is 0 Å². The maximum Gasteiger partial charge on any atom is 0.247 e. The van der Waals surface area contributed by atoms with E-state index in [9.17, 15) is 9.90 Å². The number of nitrogens with one attached hydrogen (secondary N) is 2. The molecule has 1 aliphatic heterocycles. The van der Waals surface area contributed by atoms with E-state index in [-0.39, 0.29) is 18.6 Å². The molecule has 0 saturated carbocycles. The van der Waals surface area contributed by atoms with Crippen LogP contribution < -0.4 is 10.6 Å². The zero-order chi connectivity index (χ0) is 13.0. The average molecular weight is 246 g/mol. The second-order valence-electron chi connectivity index (χ2n) is 4.45. The van der Waals surface area contributed by atoms with Gasteiger partial charge in [0, 0.05) is 18.7 Å². The number of carbonyl (C=O) groups excluding carboxylic acids is 1. The van der Waals surface area contributed by atoms with Crippen LogP contribution in [0.3, 0.4) is 0 Å². The van der Waals surface area contributed by atoms with Crippen LogP contribution in [0.25, 0.3) is 0 Å². The van der Waals surface area contributed by atoms with E-state index in [1.54, 1.807) is 0 Å². The van der Waals surface area contributed by atoms with E-state index >= 15 is 0 Å². The van der Waals surface area contributed by atoms with Crippen LogP contribution in [-0.2, 0) is 4.79 Å². The summed E-state index contributed by atoms with van der Waals surface area (Å²) in [6, 6.07) is 9.15. The van der Waals surface area contributed by atoms with Crippen molar-refractivity contribution in [1.29, 1.82) is 0 Å². The molecule has 0 aromatic heterocycles. The maximum absolute atomic E-state index is 12.0. The number of rotatable bonds is 4. The van der Waals surface area contributed by atoms with Gasteiger partial charge in [-0.25, -0.2) is 0 Å². The Labute approximate surface area is 107 Å². The number of hydrogen-bond donors (Lipinski definition) is 3. The quantitative estimate of drug-likeness (QED) is 0.687. The lowest BCUT2D eigenvalue weighted by molar-refractivity contribution is -0.118. The van der Waals surface area contributed by atoms with E-state index in [0.29, 0.717) is 0 Å². The van der Waals surface area contributed by atoms with Crippen LogP contribution in [0.4, 0.5) is 0 Å². The van der Waals surface area contributed by atoms with Crippen molar-refractivity contribution in [3.8, 4) is 0 Å². The fourth-order valence-electron chi connectivity index (χ4n) is 1.86. The van der Waals surface area contributed by atoms with E-state index in [2.05, 4.69) is 10.6 Å². The molecular weight excluding hydrogens is 228 g/mol. The molecule has 18 heavy (non-hydrogen) atoms. The van der Waals surface area contributed by atoms with Gasteiger partial charge in [0.25, 0.3) is 0 Å². The first-order valence-corrected chi connectivity index (χ1v) is 6.08. The van der Waals surface area contributed by atoms with Gasteiger partial charge in [-0.1, -0.05) is 30.3 Å². The maximum atomic E-state index is 12.0. The molecule has 0 bridgehead atoms. The lowest BCUT2D eigenvalue weighted by Crippen LogP contribution is -2.38. The zero-order valence-electron chi connectivity index (χ0n) is 10.4. The van der Waals surface area contributed by atoms with E-state index in [4.69, 9.17) is 0 Å². The summed E-state index contributed by atoms with van der Waals surface area (Å²) in [7, 11) is 0. The van der Waals surface area contributed by atoms with Gasteiger partial charge in [0.05, 0.1) is 12.6 Å². The Morgan fingerprint density at radius 1 is 1.39 bits per heavy atom. The van der Waals surface area contributed by atoms with Crippen molar-refractivity contribution in [2.24, 2.45) is 0 Å². The second kappa shape index (κ2) is 5.80. The van der Waals surface area contributed by atoms with Gasteiger partial charge in [0.2, 0.25) is 5.91 Å². The van der Waals surface area contributed by atoms with Gasteiger partial charge in [-0.05, 0) is 18.1 Å². The zero-order valence-corrected chi connectivity index (χ0v) is 10.4. The molecule has 1 heterocycles. The molecule has 2 rings (SSSR count). The van der Waals surface area contributed by atoms with Crippen molar-refractivity contribution >= 4 is 5.91 Å². The van der Waals surface area contributed by atoms with Crippen LogP contribution >= 0.6 is 0 Å². The highest BCUT2D eigenvalue weighted by Crippen LogP contribution is 2.14. The summed E-state index contributed by atoms with van der Waals surface area (Å²) >= 11 is 0. The van der Waals surface area contributed by atoms with Gasteiger partial charge in [-0.3, -0.25) is 4.79 Å². The highest BCUT2D eigenvalue weighted by Gasteiger charge is 2.19. The smallest absolute Gasteiger partial charge is 0.247 e. The first kappa shape index (κ1) is 12.8. The Morgan fingerprint density at radius 2 is 2.06 bits per heavy atom. The fraction of sp³-hybridized carbons (Fsp3) is 0.357. The van der Waals surface area contributed by atoms with Crippen LogP contribution in [0.15, 0.2) is 41.5 Å². The predicted octanol–water partition coefficient (Wildman–Crippen LogP) is 0.756. The minimum Gasteiger partial charge on any atom is -0.394 e. The molecule has 96 valence electrons. The fourth-order valence-corrected chi connectivity index (χ4v) is 1.86. The number of benzene rings is 1. The summed E-state index contributed by atoms with van der Waals surface area (Å²) in [5.41, 5.74) is 2.80. The van der Waals surface area contributed by atoms with Gasteiger partial charge in [-0.15, -0.1) is 0 Å². The minimum atomic E-state index is -0.345. The second-order valence-corrected chi connectivity index (χ2v) is 4.45. The van der Waals surface area contributed by atoms with E-state index in [0.717, 1.165) is 29.8 Å².